The molecule has 0 unspecified atom stereocenters. The van der Waals surface area contributed by atoms with Crippen LogP contribution < -0.4 is 0 Å². The predicted molar refractivity (Wildman–Crippen MR) is 54.3 cm³/mol. The van der Waals surface area contributed by atoms with Crippen molar-refractivity contribution in [2.75, 3.05) is 13.2 Å². The SMILES string of the molecule is Cn1nc(Br)cc1C1=CCOCC1. The lowest BCUT2D eigenvalue weighted by atomic mass is 10.1. The average Bonchev–Trinajstić information content (AvgIpc) is 2.47. The summed E-state index contributed by atoms with van der Waals surface area (Å²) in [6, 6.07) is 2.04. The van der Waals surface area contributed by atoms with Gasteiger partial charge in [-0.15, -0.1) is 0 Å². The van der Waals surface area contributed by atoms with Crippen LogP contribution >= 0.6 is 15.9 Å². The van der Waals surface area contributed by atoms with Gasteiger partial charge in [0.2, 0.25) is 0 Å². The van der Waals surface area contributed by atoms with Crippen LogP contribution in [-0.4, -0.2) is 23.0 Å². The number of aromatic nitrogens is 2. The van der Waals surface area contributed by atoms with Crippen LogP contribution in [-0.2, 0) is 11.8 Å². The van der Waals surface area contributed by atoms with Gasteiger partial charge in [0, 0.05) is 7.05 Å². The van der Waals surface area contributed by atoms with Gasteiger partial charge in [0.25, 0.3) is 0 Å². The smallest absolute Gasteiger partial charge is 0.128 e. The van der Waals surface area contributed by atoms with Gasteiger partial charge in [0.1, 0.15) is 4.60 Å². The first-order chi connectivity index (χ1) is 6.27. The molecule has 0 radical (unpaired) electrons. The van der Waals surface area contributed by atoms with Crippen LogP contribution in [0.25, 0.3) is 5.57 Å². The number of halogens is 1. The molecule has 2 rings (SSSR count). The Morgan fingerprint density at radius 3 is 3.00 bits per heavy atom. The van der Waals surface area contributed by atoms with Crippen molar-refractivity contribution in [3.05, 3.63) is 22.4 Å². The lowest BCUT2D eigenvalue weighted by Gasteiger charge is -2.13. The third kappa shape index (κ3) is 1.84. The minimum atomic E-state index is 0.720. The first-order valence-electron chi connectivity index (χ1n) is 4.24. The summed E-state index contributed by atoms with van der Waals surface area (Å²) in [5, 5.41) is 4.24. The maximum atomic E-state index is 5.25. The number of ether oxygens (including phenoxy) is 1. The Hall–Kier alpha value is -0.610. The maximum absolute atomic E-state index is 5.25. The molecule has 0 bridgehead atoms. The number of aryl methyl sites for hydroxylation is 1. The second kappa shape index (κ2) is 3.64. The fourth-order valence-corrected chi connectivity index (χ4v) is 1.95. The number of rotatable bonds is 1. The Morgan fingerprint density at radius 1 is 1.62 bits per heavy atom. The van der Waals surface area contributed by atoms with Gasteiger partial charge in [0.05, 0.1) is 18.9 Å². The van der Waals surface area contributed by atoms with Crippen molar-refractivity contribution in [1.82, 2.24) is 9.78 Å². The Kier molecular flexibility index (Phi) is 2.51. The van der Waals surface area contributed by atoms with Gasteiger partial charge in [-0.05, 0) is 34.0 Å². The van der Waals surface area contributed by atoms with Gasteiger partial charge in [-0.2, -0.15) is 5.10 Å². The lowest BCUT2D eigenvalue weighted by Crippen LogP contribution is -2.06. The predicted octanol–water partition coefficient (Wildman–Crippen LogP) is 1.99. The highest BCUT2D eigenvalue weighted by Crippen LogP contribution is 2.22. The van der Waals surface area contributed by atoms with E-state index in [4.69, 9.17) is 4.74 Å². The van der Waals surface area contributed by atoms with E-state index in [0.717, 1.165) is 24.2 Å². The first-order valence-corrected chi connectivity index (χ1v) is 5.03. The molecule has 0 fully saturated rings. The second-order valence-electron chi connectivity index (χ2n) is 3.03. The molecule has 70 valence electrons. The molecule has 1 aliphatic heterocycles. The summed E-state index contributed by atoms with van der Waals surface area (Å²) < 4.78 is 8.03. The van der Waals surface area contributed by atoms with E-state index in [0.29, 0.717) is 0 Å². The highest BCUT2D eigenvalue weighted by Gasteiger charge is 2.10. The van der Waals surface area contributed by atoms with E-state index in [1.54, 1.807) is 0 Å². The van der Waals surface area contributed by atoms with E-state index in [1.807, 2.05) is 17.8 Å². The van der Waals surface area contributed by atoms with Crippen molar-refractivity contribution in [2.24, 2.45) is 7.05 Å². The van der Waals surface area contributed by atoms with Crippen molar-refractivity contribution < 1.29 is 4.74 Å². The fraction of sp³-hybridized carbons (Fsp3) is 0.444. The molecule has 0 amide bonds. The van der Waals surface area contributed by atoms with Gasteiger partial charge in [0.15, 0.2) is 0 Å². The third-order valence-corrected chi connectivity index (χ3v) is 2.53. The summed E-state index contributed by atoms with van der Waals surface area (Å²) in [7, 11) is 1.95. The summed E-state index contributed by atoms with van der Waals surface area (Å²) >= 11 is 3.36. The van der Waals surface area contributed by atoms with Crippen LogP contribution in [0.1, 0.15) is 12.1 Å². The molecule has 0 atom stereocenters. The van der Waals surface area contributed by atoms with E-state index in [-0.39, 0.29) is 0 Å². The van der Waals surface area contributed by atoms with Crippen LogP contribution in [0.15, 0.2) is 16.7 Å². The molecule has 0 saturated carbocycles. The minimum absolute atomic E-state index is 0.720. The average molecular weight is 243 g/mol. The fourth-order valence-electron chi connectivity index (χ4n) is 1.49. The van der Waals surface area contributed by atoms with Gasteiger partial charge < -0.3 is 4.74 Å². The molecule has 1 aromatic rings. The van der Waals surface area contributed by atoms with Gasteiger partial charge >= 0.3 is 0 Å². The topological polar surface area (TPSA) is 27.1 Å². The van der Waals surface area contributed by atoms with E-state index in [9.17, 15) is 0 Å². The summed E-state index contributed by atoms with van der Waals surface area (Å²) in [5.74, 6) is 0. The van der Waals surface area contributed by atoms with Gasteiger partial charge in [-0.3, -0.25) is 4.68 Å². The third-order valence-electron chi connectivity index (χ3n) is 2.14. The van der Waals surface area contributed by atoms with E-state index in [1.165, 1.54) is 11.3 Å². The maximum Gasteiger partial charge on any atom is 0.128 e. The molecule has 0 aliphatic carbocycles. The standard InChI is InChI=1S/C9H11BrN2O/c1-12-8(6-9(10)11-12)7-2-4-13-5-3-7/h2,6H,3-5H2,1H3. The van der Waals surface area contributed by atoms with Crippen LogP contribution in [0, 0.1) is 0 Å². The van der Waals surface area contributed by atoms with E-state index >= 15 is 0 Å². The molecule has 3 nitrogen and oxygen atoms in total. The second-order valence-corrected chi connectivity index (χ2v) is 3.84. The molecule has 1 aromatic heterocycles. The molecule has 0 saturated heterocycles. The van der Waals surface area contributed by atoms with Crippen molar-refractivity contribution in [2.45, 2.75) is 6.42 Å². The largest absolute Gasteiger partial charge is 0.377 e. The van der Waals surface area contributed by atoms with Crippen molar-refractivity contribution in [3.63, 3.8) is 0 Å². The Morgan fingerprint density at radius 2 is 2.46 bits per heavy atom. The van der Waals surface area contributed by atoms with Gasteiger partial charge in [-0.25, -0.2) is 0 Å². The van der Waals surface area contributed by atoms with Gasteiger partial charge in [-0.1, -0.05) is 6.08 Å². The first kappa shape index (κ1) is 8.97. The van der Waals surface area contributed by atoms with Crippen LogP contribution in [0.4, 0.5) is 0 Å². The molecule has 2 heterocycles. The molecule has 0 N–H and O–H groups in total. The molecular weight excluding hydrogens is 232 g/mol. The van der Waals surface area contributed by atoms with Crippen LogP contribution in [0.2, 0.25) is 0 Å². The Bertz CT molecular complexity index is 343. The van der Waals surface area contributed by atoms with Crippen molar-refractivity contribution >= 4 is 21.5 Å². The number of hydrogen-bond acceptors (Lipinski definition) is 2. The Labute approximate surface area is 85.5 Å². The summed E-state index contributed by atoms with van der Waals surface area (Å²) in [6.45, 7) is 1.53. The van der Waals surface area contributed by atoms with Crippen LogP contribution in [0.5, 0.6) is 0 Å². The van der Waals surface area contributed by atoms with E-state index in [2.05, 4.69) is 27.1 Å². The van der Waals surface area contributed by atoms with Crippen molar-refractivity contribution in [1.29, 1.82) is 0 Å². The quantitative estimate of drug-likeness (QED) is 0.754. The molecule has 0 spiro atoms. The molecule has 1 aliphatic rings. The lowest BCUT2D eigenvalue weighted by molar-refractivity contribution is 0.161. The number of hydrogen-bond donors (Lipinski definition) is 0. The number of nitrogens with zero attached hydrogens (tertiary/aromatic N) is 2. The summed E-state index contributed by atoms with van der Waals surface area (Å²) in [5.41, 5.74) is 2.50. The van der Waals surface area contributed by atoms with Crippen LogP contribution in [0.3, 0.4) is 0 Å². The zero-order valence-electron chi connectivity index (χ0n) is 7.46. The molecule has 13 heavy (non-hydrogen) atoms. The minimum Gasteiger partial charge on any atom is -0.377 e. The van der Waals surface area contributed by atoms with Crippen molar-refractivity contribution in [3.8, 4) is 0 Å². The van der Waals surface area contributed by atoms with E-state index < -0.39 is 0 Å². The monoisotopic (exact) mass is 242 g/mol. The molecule has 4 heteroatoms. The normalized spacial score (nSPS) is 17.2. The Balaban J connectivity index is 2.33. The molecule has 0 aromatic carbocycles. The zero-order chi connectivity index (χ0) is 9.26. The summed E-state index contributed by atoms with van der Waals surface area (Å²) in [4.78, 5) is 0. The zero-order valence-corrected chi connectivity index (χ0v) is 9.04. The highest BCUT2D eigenvalue weighted by molar-refractivity contribution is 9.10. The highest BCUT2D eigenvalue weighted by atomic mass is 79.9. The summed E-state index contributed by atoms with van der Waals surface area (Å²) in [6.07, 6.45) is 3.10. The molecular formula is C9H11BrN2O.